The van der Waals surface area contributed by atoms with Crippen LogP contribution in [0.2, 0.25) is 0 Å². The second-order valence-electron chi connectivity index (χ2n) is 10.3. The summed E-state index contributed by atoms with van der Waals surface area (Å²) >= 11 is 1.73. The molecule has 2 aromatic carbocycles. The minimum Gasteiger partial charge on any atom is -0.351 e. The second kappa shape index (κ2) is 11.1. The van der Waals surface area contributed by atoms with E-state index in [1.165, 1.54) is 4.70 Å². The lowest BCUT2D eigenvalue weighted by Crippen LogP contribution is -2.48. The Balaban J connectivity index is 1.08. The number of fused-ring (bicyclic) bond motifs is 1. The summed E-state index contributed by atoms with van der Waals surface area (Å²) in [7, 11) is -3.55. The molecule has 0 saturated carbocycles. The van der Waals surface area contributed by atoms with Crippen LogP contribution in [0.1, 0.15) is 30.6 Å². The normalized spacial score (nSPS) is 21.8. The van der Waals surface area contributed by atoms with E-state index in [-0.39, 0.29) is 10.8 Å². The summed E-state index contributed by atoms with van der Waals surface area (Å²) < 4.78 is 29.0. The molecule has 10 heteroatoms. The van der Waals surface area contributed by atoms with Crippen molar-refractivity contribution in [3.8, 4) is 0 Å². The van der Waals surface area contributed by atoms with Gasteiger partial charge >= 0.3 is 0 Å². The van der Waals surface area contributed by atoms with Crippen molar-refractivity contribution in [3.05, 3.63) is 54.1 Å². The number of benzene rings is 2. The van der Waals surface area contributed by atoms with Crippen molar-refractivity contribution in [3.63, 3.8) is 0 Å². The standard InChI is InChI=1S/C27H35N5O3S2/c1-20-17-21(2)19-32(18-20)37(34,35)23-9-7-22(8-10-23)26(33)28-11-12-30-13-15-31(16-14-30)27-29-24-5-3-4-6-25(24)36-27/h3-10,20-21H,11-19H2,1-2H3,(H,28,33). The van der Waals surface area contributed by atoms with E-state index in [2.05, 4.69) is 41.1 Å². The number of para-hydroxylation sites is 1. The van der Waals surface area contributed by atoms with Gasteiger partial charge in [-0.25, -0.2) is 13.4 Å². The van der Waals surface area contributed by atoms with Crippen molar-refractivity contribution < 1.29 is 13.2 Å². The average molecular weight is 542 g/mol. The minimum atomic E-state index is -3.55. The summed E-state index contributed by atoms with van der Waals surface area (Å²) in [5.41, 5.74) is 1.52. The van der Waals surface area contributed by atoms with Crippen LogP contribution in [-0.4, -0.2) is 80.9 Å². The maximum atomic E-state index is 13.1. The Bertz CT molecular complexity index is 1290. The lowest BCUT2D eigenvalue weighted by atomic mass is 9.94. The number of hydrogen-bond donors (Lipinski definition) is 1. The largest absolute Gasteiger partial charge is 0.351 e. The Hall–Kier alpha value is -2.53. The van der Waals surface area contributed by atoms with Gasteiger partial charge in [-0.15, -0.1) is 0 Å². The lowest BCUT2D eigenvalue weighted by Gasteiger charge is -2.34. The Kier molecular flexibility index (Phi) is 7.80. The summed E-state index contributed by atoms with van der Waals surface area (Å²) in [6.45, 7) is 10.3. The fraction of sp³-hybridized carbons (Fsp3) is 0.481. The average Bonchev–Trinajstić information content (AvgIpc) is 3.33. The van der Waals surface area contributed by atoms with E-state index in [9.17, 15) is 13.2 Å². The van der Waals surface area contributed by atoms with E-state index in [1.54, 1.807) is 39.9 Å². The Morgan fingerprint density at radius 3 is 2.35 bits per heavy atom. The van der Waals surface area contributed by atoms with Crippen LogP contribution < -0.4 is 10.2 Å². The number of carbonyl (C=O) groups is 1. The molecule has 2 aliphatic rings. The number of sulfonamides is 1. The quantitative estimate of drug-likeness (QED) is 0.493. The van der Waals surface area contributed by atoms with Gasteiger partial charge in [-0.05, 0) is 54.7 Å². The molecule has 2 fully saturated rings. The number of nitrogens with one attached hydrogen (secondary N) is 1. The highest BCUT2D eigenvalue weighted by Gasteiger charge is 2.31. The highest BCUT2D eigenvalue weighted by Crippen LogP contribution is 2.29. The number of carbonyl (C=O) groups excluding carboxylic acids is 1. The minimum absolute atomic E-state index is 0.183. The van der Waals surface area contributed by atoms with Gasteiger partial charge < -0.3 is 10.2 Å². The Morgan fingerprint density at radius 2 is 1.68 bits per heavy atom. The summed E-state index contributed by atoms with van der Waals surface area (Å²) in [6, 6.07) is 14.5. The molecule has 3 aromatic rings. The van der Waals surface area contributed by atoms with Crippen LogP contribution in [0.25, 0.3) is 10.2 Å². The number of anilines is 1. The first kappa shape index (κ1) is 26.1. The molecule has 5 rings (SSSR count). The molecule has 198 valence electrons. The van der Waals surface area contributed by atoms with Crippen LogP contribution in [0, 0.1) is 11.8 Å². The van der Waals surface area contributed by atoms with Crippen LogP contribution in [0.3, 0.4) is 0 Å². The summed E-state index contributed by atoms with van der Waals surface area (Å²) in [6.07, 6.45) is 1.05. The molecule has 8 nitrogen and oxygen atoms in total. The summed E-state index contributed by atoms with van der Waals surface area (Å²) in [5, 5.41) is 4.05. The number of thiazole rings is 1. The first-order valence-corrected chi connectivity index (χ1v) is 15.3. The highest BCUT2D eigenvalue weighted by molar-refractivity contribution is 7.89. The van der Waals surface area contributed by atoms with E-state index < -0.39 is 10.0 Å². The van der Waals surface area contributed by atoms with Gasteiger partial charge in [0, 0.05) is 57.9 Å². The van der Waals surface area contributed by atoms with Crippen LogP contribution in [0.15, 0.2) is 53.4 Å². The van der Waals surface area contributed by atoms with Gasteiger partial charge in [0.05, 0.1) is 15.1 Å². The highest BCUT2D eigenvalue weighted by atomic mass is 32.2. The molecule has 0 aliphatic carbocycles. The van der Waals surface area contributed by atoms with Gasteiger partial charge in [0.1, 0.15) is 0 Å². The zero-order valence-electron chi connectivity index (χ0n) is 21.5. The van der Waals surface area contributed by atoms with Crippen LogP contribution in [0.5, 0.6) is 0 Å². The molecule has 1 N–H and O–H groups in total. The van der Waals surface area contributed by atoms with Crippen molar-refractivity contribution in [2.75, 3.05) is 57.3 Å². The zero-order valence-corrected chi connectivity index (χ0v) is 23.1. The smallest absolute Gasteiger partial charge is 0.251 e. The van der Waals surface area contributed by atoms with Crippen molar-refractivity contribution in [2.45, 2.75) is 25.2 Å². The van der Waals surface area contributed by atoms with Gasteiger partial charge in [0.2, 0.25) is 10.0 Å². The molecule has 37 heavy (non-hydrogen) atoms. The van der Waals surface area contributed by atoms with Crippen molar-refractivity contribution >= 4 is 42.6 Å². The van der Waals surface area contributed by atoms with E-state index in [4.69, 9.17) is 4.98 Å². The third-order valence-corrected chi connectivity index (χ3v) is 10.2. The second-order valence-corrected chi connectivity index (χ2v) is 13.3. The van der Waals surface area contributed by atoms with Gasteiger partial charge in [0.15, 0.2) is 5.13 Å². The van der Waals surface area contributed by atoms with Crippen molar-refractivity contribution in [1.29, 1.82) is 0 Å². The number of rotatable bonds is 7. The molecule has 2 aliphatic heterocycles. The Morgan fingerprint density at radius 1 is 1.00 bits per heavy atom. The molecule has 0 spiro atoms. The molecule has 1 aromatic heterocycles. The number of piperazine rings is 1. The Labute approximate surface area is 223 Å². The lowest BCUT2D eigenvalue weighted by molar-refractivity contribution is 0.0947. The van der Waals surface area contributed by atoms with Crippen molar-refractivity contribution in [2.24, 2.45) is 11.8 Å². The summed E-state index contributed by atoms with van der Waals surface area (Å²) in [4.78, 5) is 22.3. The number of amides is 1. The van der Waals surface area contributed by atoms with Gasteiger partial charge in [-0.3, -0.25) is 9.69 Å². The van der Waals surface area contributed by atoms with Crippen LogP contribution in [-0.2, 0) is 10.0 Å². The molecule has 3 heterocycles. The van der Waals surface area contributed by atoms with Gasteiger partial charge in [-0.2, -0.15) is 4.31 Å². The van der Waals surface area contributed by atoms with E-state index in [1.807, 2.05) is 12.1 Å². The third-order valence-electron chi connectivity index (χ3n) is 7.23. The first-order valence-electron chi connectivity index (χ1n) is 13.0. The SMILES string of the molecule is CC1CC(C)CN(S(=O)(=O)c2ccc(C(=O)NCCN3CCN(c4nc5ccccc5s4)CC3)cc2)C1. The number of piperidine rings is 1. The zero-order chi connectivity index (χ0) is 26.0. The maximum absolute atomic E-state index is 13.1. The number of aromatic nitrogens is 1. The predicted octanol–water partition coefficient (Wildman–Crippen LogP) is 3.51. The fourth-order valence-electron chi connectivity index (χ4n) is 5.32. The molecule has 2 atom stereocenters. The van der Waals surface area contributed by atoms with E-state index in [0.717, 1.165) is 49.8 Å². The predicted molar refractivity (Wildman–Crippen MR) is 149 cm³/mol. The topological polar surface area (TPSA) is 85.8 Å². The number of nitrogens with zero attached hydrogens (tertiary/aromatic N) is 4. The molecule has 0 bridgehead atoms. The maximum Gasteiger partial charge on any atom is 0.251 e. The molecule has 0 radical (unpaired) electrons. The third kappa shape index (κ3) is 5.98. The van der Waals surface area contributed by atoms with E-state index in [0.29, 0.717) is 37.0 Å². The van der Waals surface area contributed by atoms with Crippen LogP contribution >= 0.6 is 11.3 Å². The molecule has 1 amide bonds. The molecule has 2 saturated heterocycles. The van der Waals surface area contributed by atoms with Gasteiger partial charge in [-0.1, -0.05) is 37.3 Å². The first-order chi connectivity index (χ1) is 17.8. The number of hydrogen-bond acceptors (Lipinski definition) is 7. The fourth-order valence-corrected chi connectivity index (χ4v) is 8.01. The molecule has 2 unspecified atom stereocenters. The monoisotopic (exact) mass is 541 g/mol. The molecular formula is C27H35N5O3S2. The van der Waals surface area contributed by atoms with E-state index >= 15 is 0 Å². The summed E-state index contributed by atoms with van der Waals surface area (Å²) in [5.74, 6) is 0.510. The molecular weight excluding hydrogens is 506 g/mol. The van der Waals surface area contributed by atoms with Crippen molar-refractivity contribution in [1.82, 2.24) is 19.5 Å². The van der Waals surface area contributed by atoms with Gasteiger partial charge in [0.25, 0.3) is 5.91 Å². The van der Waals surface area contributed by atoms with Crippen LogP contribution in [0.4, 0.5) is 5.13 Å².